The molecule has 0 amide bonds. The normalized spacial score (nSPS) is 11.4. The van der Waals surface area contributed by atoms with Crippen molar-refractivity contribution in [2.45, 2.75) is 13.8 Å². The van der Waals surface area contributed by atoms with Crippen LogP contribution in [-0.2, 0) is 13.6 Å². The van der Waals surface area contributed by atoms with E-state index in [1.54, 1.807) is 13.8 Å². The molecule has 0 heterocycles. The van der Waals surface area contributed by atoms with Crippen LogP contribution in [0.2, 0.25) is 5.02 Å². The van der Waals surface area contributed by atoms with E-state index in [4.69, 9.17) is 37.0 Å². The average Bonchev–Trinajstić information content (AvgIpc) is 2.36. The first-order chi connectivity index (χ1) is 9.40. The molecule has 1 aromatic carbocycles. The number of hydrogen-bond acceptors (Lipinski definition) is 5. The third kappa shape index (κ3) is 5.43. The second-order valence-corrected chi connectivity index (χ2v) is 6.45. The lowest BCUT2D eigenvalue weighted by molar-refractivity contribution is 0.108. The van der Waals surface area contributed by atoms with E-state index in [1.807, 2.05) is 0 Å². The van der Waals surface area contributed by atoms with E-state index >= 15 is 0 Å². The maximum atomic E-state index is 12.2. The molecule has 1 rings (SSSR count). The van der Waals surface area contributed by atoms with E-state index in [2.05, 4.69) is 0 Å². The van der Waals surface area contributed by atoms with Crippen LogP contribution in [0.25, 0.3) is 0 Å². The van der Waals surface area contributed by atoms with Crippen molar-refractivity contribution < 1.29 is 23.1 Å². The van der Waals surface area contributed by atoms with Gasteiger partial charge in [-0.1, -0.05) is 11.6 Å². The first-order valence-electron chi connectivity index (χ1n) is 5.91. The zero-order valence-electron chi connectivity index (χ0n) is 11.1. The fourth-order valence-electron chi connectivity index (χ4n) is 1.42. The van der Waals surface area contributed by atoms with Crippen molar-refractivity contribution in [2.75, 3.05) is 19.6 Å². The molecule has 0 radical (unpaired) electrons. The van der Waals surface area contributed by atoms with Gasteiger partial charge in [0.05, 0.1) is 13.2 Å². The summed E-state index contributed by atoms with van der Waals surface area (Å²) in [6.07, 6.45) is -0.273. The van der Waals surface area contributed by atoms with Crippen molar-refractivity contribution in [3.8, 4) is 5.75 Å². The van der Waals surface area contributed by atoms with Crippen LogP contribution < -0.4 is 4.74 Å². The van der Waals surface area contributed by atoms with Gasteiger partial charge in [0.2, 0.25) is 0 Å². The van der Waals surface area contributed by atoms with Gasteiger partial charge in [-0.2, -0.15) is 0 Å². The number of benzene rings is 1. The van der Waals surface area contributed by atoms with Gasteiger partial charge in [-0.25, -0.2) is 0 Å². The van der Waals surface area contributed by atoms with Gasteiger partial charge in [-0.3, -0.25) is 9.36 Å². The zero-order chi connectivity index (χ0) is 15.2. The van der Waals surface area contributed by atoms with Crippen LogP contribution in [-0.4, -0.2) is 24.8 Å². The molecule has 0 atom stereocenters. The maximum Gasteiger partial charge on any atom is 0.367 e. The van der Waals surface area contributed by atoms with Gasteiger partial charge in [0, 0.05) is 10.6 Å². The minimum atomic E-state index is -3.32. The fourth-order valence-corrected chi connectivity index (χ4v) is 3.07. The Morgan fingerprint density at radius 1 is 1.20 bits per heavy atom. The molecule has 0 aliphatic heterocycles. The molecule has 1 aromatic rings. The van der Waals surface area contributed by atoms with E-state index in [0.29, 0.717) is 0 Å². The van der Waals surface area contributed by atoms with Gasteiger partial charge in [-0.15, -0.1) is 0 Å². The number of carbonyl (C=O) groups is 1. The molecule has 0 fully saturated rings. The number of halogens is 2. The zero-order valence-corrected chi connectivity index (χ0v) is 13.5. The lowest BCUT2D eigenvalue weighted by atomic mass is 10.2. The van der Waals surface area contributed by atoms with Gasteiger partial charge >= 0.3 is 7.60 Å². The molecule has 0 bridgehead atoms. The van der Waals surface area contributed by atoms with Crippen LogP contribution in [0.3, 0.4) is 0 Å². The Morgan fingerprint density at radius 3 is 2.30 bits per heavy atom. The van der Waals surface area contributed by atoms with Gasteiger partial charge < -0.3 is 13.8 Å². The molecule has 20 heavy (non-hydrogen) atoms. The highest BCUT2D eigenvalue weighted by atomic mass is 35.5. The summed E-state index contributed by atoms with van der Waals surface area (Å²) in [5, 5.41) is -0.371. The van der Waals surface area contributed by atoms with Crippen molar-refractivity contribution in [1.29, 1.82) is 0 Å². The van der Waals surface area contributed by atoms with E-state index in [0.717, 1.165) is 0 Å². The summed E-state index contributed by atoms with van der Waals surface area (Å²) in [6, 6.07) is 4.30. The molecule has 0 saturated heterocycles. The fraction of sp³-hybridized carbons (Fsp3) is 0.417. The third-order valence-electron chi connectivity index (χ3n) is 2.14. The molecule has 8 heteroatoms. The van der Waals surface area contributed by atoms with Crippen LogP contribution in [0.5, 0.6) is 5.75 Å². The van der Waals surface area contributed by atoms with Crippen LogP contribution in [0.4, 0.5) is 0 Å². The van der Waals surface area contributed by atoms with Crippen LogP contribution in [0.15, 0.2) is 18.2 Å². The number of ether oxygens (including phenoxy) is 1. The van der Waals surface area contributed by atoms with E-state index in [1.165, 1.54) is 18.2 Å². The Balaban J connectivity index is 2.82. The minimum absolute atomic E-state index is 0.191. The summed E-state index contributed by atoms with van der Waals surface area (Å²) < 4.78 is 27.7. The predicted octanol–water partition coefficient (Wildman–Crippen LogP) is 4.32. The molecule has 0 saturated carbocycles. The predicted molar refractivity (Wildman–Crippen MR) is 78.0 cm³/mol. The summed E-state index contributed by atoms with van der Waals surface area (Å²) in [7, 11) is -3.32. The maximum absolute atomic E-state index is 12.2. The topological polar surface area (TPSA) is 61.8 Å². The number of hydrogen-bond donors (Lipinski definition) is 0. The first kappa shape index (κ1) is 17.5. The molecule has 0 aliphatic carbocycles. The van der Waals surface area contributed by atoms with Crippen molar-refractivity contribution in [1.82, 2.24) is 0 Å². The molecule has 0 aromatic heterocycles. The molecule has 0 spiro atoms. The standard InChI is InChI=1S/C12H15Cl2O5P/c1-3-18-20(16,19-4-2)8-17-11-6-9(12(14)15)5-10(13)7-11/h5-7H,3-4,8H2,1-2H3. The lowest BCUT2D eigenvalue weighted by Gasteiger charge is -2.17. The molecule has 0 aliphatic rings. The highest BCUT2D eigenvalue weighted by Crippen LogP contribution is 2.48. The van der Waals surface area contributed by atoms with Gasteiger partial charge in [-0.05, 0) is 43.6 Å². The molecule has 112 valence electrons. The molecule has 0 N–H and O–H groups in total. The second kappa shape index (κ2) is 8.01. The largest absolute Gasteiger partial charge is 0.481 e. The minimum Gasteiger partial charge on any atom is -0.481 e. The summed E-state index contributed by atoms with van der Waals surface area (Å²) in [4.78, 5) is 11.1. The average molecular weight is 341 g/mol. The van der Waals surface area contributed by atoms with E-state index < -0.39 is 12.8 Å². The van der Waals surface area contributed by atoms with E-state index in [-0.39, 0.29) is 35.9 Å². The van der Waals surface area contributed by atoms with Crippen molar-refractivity contribution in [2.24, 2.45) is 0 Å². The van der Waals surface area contributed by atoms with Crippen molar-refractivity contribution >= 4 is 36.0 Å². The molecule has 0 unspecified atom stereocenters. The SMILES string of the molecule is CCOP(=O)(COc1cc(Cl)cc(C(=O)Cl)c1)OCC. The Hall–Kier alpha value is -0.580. The number of carbonyl (C=O) groups excluding carboxylic acids is 1. The Bertz CT molecular complexity index is 511. The van der Waals surface area contributed by atoms with Gasteiger partial charge in [0.25, 0.3) is 5.24 Å². The quantitative estimate of drug-likeness (QED) is 0.520. The van der Waals surface area contributed by atoms with Crippen LogP contribution in [0.1, 0.15) is 24.2 Å². The van der Waals surface area contributed by atoms with Gasteiger partial charge in [0.1, 0.15) is 5.75 Å². The van der Waals surface area contributed by atoms with E-state index in [9.17, 15) is 9.36 Å². The molecular formula is C12H15Cl2O5P. The Morgan fingerprint density at radius 2 is 1.80 bits per heavy atom. The Kier molecular flexibility index (Phi) is 7.00. The lowest BCUT2D eigenvalue weighted by Crippen LogP contribution is -2.06. The number of rotatable bonds is 8. The first-order valence-corrected chi connectivity index (χ1v) is 8.40. The molecular weight excluding hydrogens is 326 g/mol. The Labute approximate surface area is 127 Å². The van der Waals surface area contributed by atoms with Crippen molar-refractivity contribution in [3.63, 3.8) is 0 Å². The summed E-state index contributed by atoms with van der Waals surface area (Å²) >= 11 is 11.2. The summed E-state index contributed by atoms with van der Waals surface area (Å²) in [5.41, 5.74) is 0.191. The summed E-state index contributed by atoms with van der Waals surface area (Å²) in [5.74, 6) is 0.265. The highest BCUT2D eigenvalue weighted by Gasteiger charge is 2.24. The summed E-state index contributed by atoms with van der Waals surface area (Å²) in [6.45, 7) is 3.88. The second-order valence-electron chi connectivity index (χ2n) is 3.67. The van der Waals surface area contributed by atoms with Crippen LogP contribution >= 0.6 is 30.8 Å². The smallest absolute Gasteiger partial charge is 0.367 e. The monoisotopic (exact) mass is 340 g/mol. The third-order valence-corrected chi connectivity index (χ3v) is 4.32. The van der Waals surface area contributed by atoms with Gasteiger partial charge in [0.15, 0.2) is 6.35 Å². The van der Waals surface area contributed by atoms with Crippen LogP contribution in [0, 0.1) is 0 Å². The van der Waals surface area contributed by atoms with Crippen molar-refractivity contribution in [3.05, 3.63) is 28.8 Å². The highest BCUT2D eigenvalue weighted by molar-refractivity contribution is 7.53. The molecule has 5 nitrogen and oxygen atoms in total.